The van der Waals surface area contributed by atoms with Crippen LogP contribution < -0.4 is 4.72 Å². The van der Waals surface area contributed by atoms with Gasteiger partial charge in [-0.15, -0.1) is 0 Å². The Morgan fingerprint density at radius 3 is 2.57 bits per heavy atom. The fourth-order valence-corrected chi connectivity index (χ4v) is 3.71. The smallest absolute Gasteiger partial charge is 0.255 e. The number of anilines is 1. The van der Waals surface area contributed by atoms with Gasteiger partial charge < -0.3 is 4.52 Å². The molecule has 4 aromatic rings. The van der Waals surface area contributed by atoms with E-state index < -0.39 is 10.0 Å². The molecular weight excluding hydrogens is 400 g/mol. The topological polar surface area (TPSA) is 98.0 Å². The van der Waals surface area contributed by atoms with Crippen LogP contribution >= 0.6 is 0 Å². The van der Waals surface area contributed by atoms with Gasteiger partial charge in [-0.2, -0.15) is 4.98 Å². The van der Waals surface area contributed by atoms with Crippen LogP contribution in [0.15, 0.2) is 89.1 Å². The van der Waals surface area contributed by atoms with Gasteiger partial charge in [0, 0.05) is 18.0 Å². The molecular formula is C22H18N4O3S. The lowest BCUT2D eigenvalue weighted by molar-refractivity contribution is 0.386. The second-order valence-electron chi connectivity index (χ2n) is 6.45. The molecule has 0 aliphatic rings. The molecule has 1 N–H and O–H groups in total. The molecule has 4 rings (SSSR count). The van der Waals surface area contributed by atoms with Crippen molar-refractivity contribution >= 4 is 21.8 Å². The van der Waals surface area contributed by atoms with Crippen molar-refractivity contribution in [3.8, 4) is 11.4 Å². The number of rotatable bonds is 7. The third kappa shape index (κ3) is 4.98. The number of benzene rings is 2. The maximum absolute atomic E-state index is 12.5. The minimum Gasteiger partial charge on any atom is -0.339 e. The molecule has 7 nitrogen and oxygen atoms in total. The number of nitrogens with zero attached hydrogens (tertiary/aromatic N) is 3. The molecule has 2 heterocycles. The van der Waals surface area contributed by atoms with E-state index in [0.717, 1.165) is 22.1 Å². The molecule has 0 fully saturated rings. The standard InChI is InChI=1S/C22H18N4O3S/c27-30(28,14-12-17-7-2-1-3-8-17)26-20-11-5-4-9-18(20)15-21-24-22(25-29-21)19-10-6-13-23-16-19/h1-14,16,26H,15H2/b14-12+. The van der Waals surface area contributed by atoms with Crippen molar-refractivity contribution in [2.45, 2.75) is 6.42 Å². The minimum atomic E-state index is -3.69. The fourth-order valence-electron chi connectivity index (χ4n) is 2.80. The van der Waals surface area contributed by atoms with E-state index in [0.29, 0.717) is 17.4 Å². The largest absolute Gasteiger partial charge is 0.339 e. The summed E-state index contributed by atoms with van der Waals surface area (Å²) < 4.78 is 33.0. The van der Waals surface area contributed by atoms with Gasteiger partial charge in [0.05, 0.1) is 17.5 Å². The number of sulfonamides is 1. The van der Waals surface area contributed by atoms with Crippen molar-refractivity contribution in [2.24, 2.45) is 0 Å². The minimum absolute atomic E-state index is 0.286. The van der Waals surface area contributed by atoms with Crippen molar-refractivity contribution in [1.29, 1.82) is 0 Å². The van der Waals surface area contributed by atoms with Gasteiger partial charge in [0.25, 0.3) is 10.0 Å². The van der Waals surface area contributed by atoms with Crippen molar-refractivity contribution in [1.82, 2.24) is 15.1 Å². The van der Waals surface area contributed by atoms with E-state index in [2.05, 4.69) is 19.8 Å². The number of para-hydroxylation sites is 1. The van der Waals surface area contributed by atoms with Gasteiger partial charge in [-0.05, 0) is 35.4 Å². The van der Waals surface area contributed by atoms with Crippen LogP contribution in [0, 0.1) is 0 Å². The van der Waals surface area contributed by atoms with E-state index in [1.54, 1.807) is 36.7 Å². The Hall–Kier alpha value is -3.78. The Bertz CT molecular complexity index is 1250. The molecule has 0 spiro atoms. The Balaban J connectivity index is 1.52. The number of hydrogen-bond acceptors (Lipinski definition) is 6. The summed E-state index contributed by atoms with van der Waals surface area (Å²) in [5.74, 6) is 0.808. The molecule has 2 aromatic heterocycles. The van der Waals surface area contributed by atoms with E-state index >= 15 is 0 Å². The summed E-state index contributed by atoms with van der Waals surface area (Å²) in [6, 6.07) is 19.9. The van der Waals surface area contributed by atoms with Crippen LogP contribution in [-0.4, -0.2) is 23.5 Å². The third-order valence-corrected chi connectivity index (χ3v) is 5.24. The molecule has 0 amide bonds. The molecule has 0 aliphatic carbocycles. The summed E-state index contributed by atoms with van der Waals surface area (Å²) in [5.41, 5.74) is 2.71. The van der Waals surface area contributed by atoms with Crippen molar-refractivity contribution in [3.63, 3.8) is 0 Å². The molecule has 0 bridgehead atoms. The Morgan fingerprint density at radius 1 is 0.967 bits per heavy atom. The lowest BCUT2D eigenvalue weighted by Crippen LogP contribution is -2.10. The highest BCUT2D eigenvalue weighted by Crippen LogP contribution is 2.22. The van der Waals surface area contributed by atoms with Crippen LogP contribution in [0.3, 0.4) is 0 Å². The van der Waals surface area contributed by atoms with Crippen molar-refractivity contribution < 1.29 is 12.9 Å². The monoisotopic (exact) mass is 418 g/mol. The maximum Gasteiger partial charge on any atom is 0.255 e. The molecule has 0 atom stereocenters. The first-order valence-electron chi connectivity index (χ1n) is 9.16. The van der Waals surface area contributed by atoms with Gasteiger partial charge >= 0.3 is 0 Å². The van der Waals surface area contributed by atoms with Crippen molar-refractivity contribution in [3.05, 3.63) is 102 Å². The van der Waals surface area contributed by atoms with Gasteiger partial charge in [0.2, 0.25) is 11.7 Å². The molecule has 0 radical (unpaired) electrons. The Kier molecular flexibility index (Phi) is 5.67. The van der Waals surface area contributed by atoms with Crippen LogP contribution in [0.25, 0.3) is 17.5 Å². The lowest BCUT2D eigenvalue weighted by atomic mass is 10.1. The van der Waals surface area contributed by atoms with E-state index in [1.165, 1.54) is 0 Å². The summed E-state index contributed by atoms with van der Waals surface area (Å²) in [6.07, 6.45) is 5.15. The molecule has 0 saturated heterocycles. The highest BCUT2D eigenvalue weighted by molar-refractivity contribution is 7.95. The summed E-state index contributed by atoms with van der Waals surface area (Å²) >= 11 is 0. The first-order valence-corrected chi connectivity index (χ1v) is 10.7. The summed E-state index contributed by atoms with van der Waals surface area (Å²) in [6.45, 7) is 0. The first-order chi connectivity index (χ1) is 14.6. The third-order valence-electron chi connectivity index (χ3n) is 4.24. The average Bonchev–Trinajstić information content (AvgIpc) is 3.24. The van der Waals surface area contributed by atoms with Gasteiger partial charge in [0.15, 0.2) is 0 Å². The molecule has 8 heteroatoms. The second-order valence-corrected chi connectivity index (χ2v) is 8.01. The normalized spacial score (nSPS) is 11.6. The van der Waals surface area contributed by atoms with E-state index in [4.69, 9.17) is 4.52 Å². The Labute approximate surface area is 174 Å². The molecule has 0 unspecified atom stereocenters. The highest BCUT2D eigenvalue weighted by atomic mass is 32.2. The fraction of sp³-hybridized carbons (Fsp3) is 0.0455. The van der Waals surface area contributed by atoms with Gasteiger partial charge in [-0.25, -0.2) is 8.42 Å². The van der Waals surface area contributed by atoms with E-state index in [-0.39, 0.29) is 6.42 Å². The van der Waals surface area contributed by atoms with Gasteiger partial charge in [-0.1, -0.05) is 53.7 Å². The van der Waals surface area contributed by atoms with Crippen LogP contribution in [-0.2, 0) is 16.4 Å². The SMILES string of the molecule is O=S(=O)(/C=C/c1ccccc1)Nc1ccccc1Cc1nc(-c2cccnc2)no1. The zero-order chi connectivity index (χ0) is 20.8. The molecule has 2 aromatic carbocycles. The first kappa shape index (κ1) is 19.5. The number of hydrogen-bond donors (Lipinski definition) is 1. The zero-order valence-corrected chi connectivity index (χ0v) is 16.7. The van der Waals surface area contributed by atoms with E-state index in [9.17, 15) is 8.42 Å². The summed E-state index contributed by atoms with van der Waals surface area (Å²) in [5, 5.41) is 5.12. The summed E-state index contributed by atoms with van der Waals surface area (Å²) in [4.78, 5) is 8.42. The molecule has 0 saturated carbocycles. The van der Waals surface area contributed by atoms with Crippen LogP contribution in [0.1, 0.15) is 17.0 Å². The number of aromatic nitrogens is 3. The van der Waals surface area contributed by atoms with Crippen LogP contribution in [0.2, 0.25) is 0 Å². The van der Waals surface area contributed by atoms with Crippen LogP contribution in [0.4, 0.5) is 5.69 Å². The van der Waals surface area contributed by atoms with E-state index in [1.807, 2.05) is 48.5 Å². The van der Waals surface area contributed by atoms with Crippen LogP contribution in [0.5, 0.6) is 0 Å². The van der Waals surface area contributed by atoms with Crippen molar-refractivity contribution in [2.75, 3.05) is 4.72 Å². The predicted octanol–water partition coefficient (Wildman–Crippen LogP) is 4.14. The Morgan fingerprint density at radius 2 is 1.77 bits per heavy atom. The summed E-state index contributed by atoms with van der Waals surface area (Å²) in [7, 11) is -3.69. The molecule has 150 valence electrons. The van der Waals surface area contributed by atoms with Gasteiger partial charge in [-0.3, -0.25) is 9.71 Å². The average molecular weight is 418 g/mol. The molecule has 30 heavy (non-hydrogen) atoms. The quantitative estimate of drug-likeness (QED) is 0.484. The molecule has 0 aliphatic heterocycles. The number of nitrogens with one attached hydrogen (secondary N) is 1. The lowest BCUT2D eigenvalue weighted by Gasteiger charge is -2.09. The predicted molar refractivity (Wildman–Crippen MR) is 115 cm³/mol. The highest BCUT2D eigenvalue weighted by Gasteiger charge is 2.14. The second kappa shape index (κ2) is 8.71. The van der Waals surface area contributed by atoms with Gasteiger partial charge in [0.1, 0.15) is 0 Å². The number of pyridine rings is 1. The maximum atomic E-state index is 12.5. The zero-order valence-electron chi connectivity index (χ0n) is 15.8.